The highest BCUT2D eigenvalue weighted by Gasteiger charge is 2.09. The molecule has 2 N–H and O–H groups in total. The SMILES string of the molecule is CCC(N)c1ccccc1OCCc1ccccc1. The topological polar surface area (TPSA) is 35.2 Å². The molecule has 0 fully saturated rings. The minimum absolute atomic E-state index is 0.0490. The maximum absolute atomic E-state index is 6.10. The van der Waals surface area contributed by atoms with Crippen LogP contribution < -0.4 is 10.5 Å². The summed E-state index contributed by atoms with van der Waals surface area (Å²) in [4.78, 5) is 0. The van der Waals surface area contributed by atoms with E-state index in [1.807, 2.05) is 30.3 Å². The predicted octanol–water partition coefficient (Wildman–Crippen LogP) is 3.72. The molecule has 2 nitrogen and oxygen atoms in total. The molecule has 19 heavy (non-hydrogen) atoms. The molecule has 0 radical (unpaired) electrons. The van der Waals surface area contributed by atoms with Crippen LogP contribution in [0.5, 0.6) is 5.75 Å². The lowest BCUT2D eigenvalue weighted by Crippen LogP contribution is -2.11. The van der Waals surface area contributed by atoms with Gasteiger partial charge in [-0.2, -0.15) is 0 Å². The Morgan fingerprint density at radius 1 is 1.00 bits per heavy atom. The lowest BCUT2D eigenvalue weighted by Gasteiger charge is -2.15. The average Bonchev–Trinajstić information content (AvgIpc) is 2.48. The van der Waals surface area contributed by atoms with Gasteiger partial charge < -0.3 is 10.5 Å². The number of benzene rings is 2. The van der Waals surface area contributed by atoms with Crippen LogP contribution in [-0.4, -0.2) is 6.61 Å². The monoisotopic (exact) mass is 255 g/mol. The van der Waals surface area contributed by atoms with E-state index in [-0.39, 0.29) is 6.04 Å². The van der Waals surface area contributed by atoms with E-state index in [0.29, 0.717) is 6.61 Å². The van der Waals surface area contributed by atoms with Crippen molar-refractivity contribution < 1.29 is 4.74 Å². The van der Waals surface area contributed by atoms with Crippen molar-refractivity contribution in [1.82, 2.24) is 0 Å². The highest BCUT2D eigenvalue weighted by molar-refractivity contribution is 5.35. The fraction of sp³-hybridized carbons (Fsp3) is 0.294. The Bertz CT molecular complexity index is 496. The number of para-hydroxylation sites is 1. The van der Waals surface area contributed by atoms with Crippen molar-refractivity contribution in [2.45, 2.75) is 25.8 Å². The Balaban J connectivity index is 1.96. The summed E-state index contributed by atoms with van der Waals surface area (Å²) < 4.78 is 5.88. The first-order valence-electron chi connectivity index (χ1n) is 6.82. The van der Waals surface area contributed by atoms with Crippen LogP contribution in [0, 0.1) is 0 Å². The van der Waals surface area contributed by atoms with Gasteiger partial charge in [-0.05, 0) is 18.1 Å². The van der Waals surface area contributed by atoms with Gasteiger partial charge in [-0.1, -0.05) is 55.5 Å². The second-order valence-electron chi connectivity index (χ2n) is 4.64. The fourth-order valence-corrected chi connectivity index (χ4v) is 2.06. The molecule has 0 saturated carbocycles. The van der Waals surface area contributed by atoms with E-state index in [0.717, 1.165) is 24.2 Å². The van der Waals surface area contributed by atoms with Gasteiger partial charge >= 0.3 is 0 Å². The van der Waals surface area contributed by atoms with Gasteiger partial charge in [0.1, 0.15) is 5.75 Å². The van der Waals surface area contributed by atoms with Crippen molar-refractivity contribution in [3.05, 3.63) is 65.7 Å². The molecule has 0 saturated heterocycles. The zero-order chi connectivity index (χ0) is 13.5. The summed E-state index contributed by atoms with van der Waals surface area (Å²) in [5, 5.41) is 0. The lowest BCUT2D eigenvalue weighted by atomic mass is 10.0. The standard InChI is InChI=1S/C17H21NO/c1-2-16(18)15-10-6-7-11-17(15)19-13-12-14-8-4-3-5-9-14/h3-11,16H,2,12-13,18H2,1H3. The molecule has 2 aromatic rings. The van der Waals surface area contributed by atoms with E-state index < -0.39 is 0 Å². The van der Waals surface area contributed by atoms with Crippen LogP contribution in [0.3, 0.4) is 0 Å². The van der Waals surface area contributed by atoms with Crippen molar-refractivity contribution in [1.29, 1.82) is 0 Å². The van der Waals surface area contributed by atoms with E-state index in [1.165, 1.54) is 5.56 Å². The van der Waals surface area contributed by atoms with Gasteiger partial charge in [0, 0.05) is 18.0 Å². The Hall–Kier alpha value is -1.80. The van der Waals surface area contributed by atoms with Crippen molar-refractivity contribution >= 4 is 0 Å². The molecule has 2 rings (SSSR count). The van der Waals surface area contributed by atoms with Crippen LogP contribution in [-0.2, 0) is 6.42 Å². The molecule has 100 valence electrons. The Morgan fingerprint density at radius 3 is 2.42 bits per heavy atom. The number of ether oxygens (including phenoxy) is 1. The molecule has 0 spiro atoms. The van der Waals surface area contributed by atoms with Gasteiger partial charge in [0.2, 0.25) is 0 Å². The van der Waals surface area contributed by atoms with Gasteiger partial charge in [-0.25, -0.2) is 0 Å². The molecule has 2 heteroatoms. The average molecular weight is 255 g/mol. The van der Waals surface area contributed by atoms with Crippen LogP contribution in [0.1, 0.15) is 30.5 Å². The van der Waals surface area contributed by atoms with Crippen LogP contribution >= 0.6 is 0 Å². The zero-order valence-corrected chi connectivity index (χ0v) is 11.4. The van der Waals surface area contributed by atoms with Gasteiger partial charge in [-0.3, -0.25) is 0 Å². The molecule has 2 aromatic carbocycles. The molecule has 0 aromatic heterocycles. The molecule has 0 aliphatic rings. The molecular formula is C17H21NO. The molecule has 0 aliphatic carbocycles. The summed E-state index contributed by atoms with van der Waals surface area (Å²) >= 11 is 0. The van der Waals surface area contributed by atoms with E-state index in [2.05, 4.69) is 31.2 Å². The third-order valence-corrected chi connectivity index (χ3v) is 3.25. The Kier molecular flexibility index (Phi) is 4.99. The highest BCUT2D eigenvalue weighted by Crippen LogP contribution is 2.25. The summed E-state index contributed by atoms with van der Waals surface area (Å²) in [7, 11) is 0. The summed E-state index contributed by atoms with van der Waals surface area (Å²) in [5.74, 6) is 0.910. The van der Waals surface area contributed by atoms with E-state index in [1.54, 1.807) is 0 Å². The summed E-state index contributed by atoms with van der Waals surface area (Å²) in [5.41, 5.74) is 8.48. The first-order chi connectivity index (χ1) is 9.31. The number of nitrogens with two attached hydrogens (primary N) is 1. The molecule has 1 atom stereocenters. The van der Waals surface area contributed by atoms with E-state index in [9.17, 15) is 0 Å². The minimum atomic E-state index is 0.0490. The highest BCUT2D eigenvalue weighted by atomic mass is 16.5. The Morgan fingerprint density at radius 2 is 1.68 bits per heavy atom. The molecule has 0 aliphatic heterocycles. The normalized spacial score (nSPS) is 12.1. The first kappa shape index (κ1) is 13.6. The summed E-state index contributed by atoms with van der Waals surface area (Å²) in [6.07, 6.45) is 1.83. The van der Waals surface area contributed by atoms with Crippen molar-refractivity contribution in [3.63, 3.8) is 0 Å². The van der Waals surface area contributed by atoms with Crippen LogP contribution in [0.4, 0.5) is 0 Å². The van der Waals surface area contributed by atoms with Crippen LogP contribution in [0.15, 0.2) is 54.6 Å². The lowest BCUT2D eigenvalue weighted by molar-refractivity contribution is 0.316. The van der Waals surface area contributed by atoms with Gasteiger partial charge in [-0.15, -0.1) is 0 Å². The van der Waals surface area contributed by atoms with Crippen molar-refractivity contribution in [2.24, 2.45) is 5.73 Å². The Labute approximate surface area is 115 Å². The molecule has 0 heterocycles. The predicted molar refractivity (Wildman–Crippen MR) is 79.3 cm³/mol. The smallest absolute Gasteiger partial charge is 0.124 e. The van der Waals surface area contributed by atoms with Gasteiger partial charge in [0.15, 0.2) is 0 Å². The third-order valence-electron chi connectivity index (χ3n) is 3.25. The first-order valence-corrected chi connectivity index (χ1v) is 6.82. The van der Waals surface area contributed by atoms with E-state index in [4.69, 9.17) is 10.5 Å². The number of rotatable bonds is 6. The zero-order valence-electron chi connectivity index (χ0n) is 11.4. The van der Waals surface area contributed by atoms with Crippen molar-refractivity contribution in [2.75, 3.05) is 6.61 Å². The molecular weight excluding hydrogens is 234 g/mol. The summed E-state index contributed by atoms with van der Waals surface area (Å²) in [6, 6.07) is 18.5. The second kappa shape index (κ2) is 6.95. The maximum Gasteiger partial charge on any atom is 0.124 e. The van der Waals surface area contributed by atoms with Crippen LogP contribution in [0.25, 0.3) is 0 Å². The minimum Gasteiger partial charge on any atom is -0.493 e. The quantitative estimate of drug-likeness (QED) is 0.854. The third kappa shape index (κ3) is 3.83. The second-order valence-corrected chi connectivity index (χ2v) is 4.64. The summed E-state index contributed by atoms with van der Waals surface area (Å²) in [6.45, 7) is 2.77. The van der Waals surface area contributed by atoms with Crippen molar-refractivity contribution in [3.8, 4) is 5.75 Å². The largest absolute Gasteiger partial charge is 0.493 e. The number of hydrogen-bond acceptors (Lipinski definition) is 2. The van der Waals surface area contributed by atoms with Gasteiger partial charge in [0.25, 0.3) is 0 Å². The maximum atomic E-state index is 6.10. The van der Waals surface area contributed by atoms with Gasteiger partial charge in [0.05, 0.1) is 6.61 Å². The van der Waals surface area contributed by atoms with E-state index >= 15 is 0 Å². The fourth-order valence-electron chi connectivity index (χ4n) is 2.06. The van der Waals surface area contributed by atoms with Crippen LogP contribution in [0.2, 0.25) is 0 Å². The number of hydrogen-bond donors (Lipinski definition) is 1. The molecule has 0 bridgehead atoms. The molecule has 1 unspecified atom stereocenters. The molecule has 0 amide bonds.